The Morgan fingerprint density at radius 1 is 0.486 bits per heavy atom. The van der Waals surface area contributed by atoms with Crippen LogP contribution in [0.5, 0.6) is 0 Å². The fraction of sp³-hybridized carbons (Fsp3) is 0.852. The zero-order valence-electron chi connectivity index (χ0n) is 47.0. The molecule has 0 radical (unpaired) electrons. The Balaban J connectivity index is 4.20. The lowest BCUT2D eigenvalue weighted by molar-refractivity contribution is -0.870. The number of carbonyl (C=O) groups excluding carboxylic acids is 1. The molecule has 0 heterocycles. The number of phosphoric ester groups is 1. The van der Waals surface area contributed by atoms with Crippen LogP contribution in [0.1, 0.15) is 284 Å². The van der Waals surface area contributed by atoms with E-state index in [9.17, 15) is 19.4 Å². The SMILES string of the molecule is CCCCCCC/C=C\C/C=C\CCCCCCCCCCCCCCCCCC(=O)NC(COP(=O)(O)OCC[N+](C)(C)C)C(O)/C=C/CC/C=C/CCCCCCCCCCCCCCCCC. The van der Waals surface area contributed by atoms with E-state index in [1.807, 2.05) is 27.2 Å². The van der Waals surface area contributed by atoms with E-state index in [0.717, 1.165) is 44.9 Å². The third-order valence-electron chi connectivity index (χ3n) is 13.5. The van der Waals surface area contributed by atoms with E-state index < -0.39 is 20.0 Å². The molecule has 1 amide bonds. The van der Waals surface area contributed by atoms with Gasteiger partial charge in [0.25, 0.3) is 0 Å². The molecule has 0 spiro atoms. The van der Waals surface area contributed by atoms with Crippen molar-refractivity contribution in [2.24, 2.45) is 0 Å². The molecule has 0 aromatic rings. The second-order valence-corrected chi connectivity index (χ2v) is 23.2. The first kappa shape index (κ1) is 68.5. The average Bonchev–Trinajstić information content (AvgIpc) is 3.32. The third kappa shape index (κ3) is 54.2. The van der Waals surface area contributed by atoms with Gasteiger partial charge in [0.15, 0.2) is 0 Å². The summed E-state index contributed by atoms with van der Waals surface area (Å²) in [5.41, 5.74) is 0. The van der Waals surface area contributed by atoms with Crippen molar-refractivity contribution in [2.45, 2.75) is 296 Å². The minimum atomic E-state index is -4.36. The molecule has 0 saturated heterocycles. The third-order valence-corrected chi connectivity index (χ3v) is 14.5. The van der Waals surface area contributed by atoms with Gasteiger partial charge in [0, 0.05) is 6.42 Å². The normalized spacial score (nSPS) is 14.2. The minimum absolute atomic E-state index is 0.0563. The number of likely N-dealkylation sites (N-methyl/N-ethyl adjacent to an activating group) is 1. The average molecular weight is 1010 g/mol. The smallest absolute Gasteiger partial charge is 0.387 e. The van der Waals surface area contributed by atoms with E-state index in [4.69, 9.17) is 9.05 Å². The quantitative estimate of drug-likeness (QED) is 0.0243. The van der Waals surface area contributed by atoms with Gasteiger partial charge in [-0.3, -0.25) is 13.8 Å². The Kier molecular flexibility index (Phi) is 51.2. The molecule has 0 fully saturated rings. The van der Waals surface area contributed by atoms with Gasteiger partial charge in [-0.1, -0.05) is 262 Å². The second-order valence-electron chi connectivity index (χ2n) is 21.7. The Hall–Kier alpha value is -1.54. The highest BCUT2D eigenvalue weighted by atomic mass is 31.2. The lowest BCUT2D eigenvalue weighted by Gasteiger charge is -2.25. The van der Waals surface area contributed by atoms with Gasteiger partial charge in [-0.25, -0.2) is 4.57 Å². The van der Waals surface area contributed by atoms with Crippen LogP contribution in [0, 0.1) is 0 Å². The largest absolute Gasteiger partial charge is 0.472 e. The molecule has 0 aliphatic carbocycles. The highest BCUT2D eigenvalue weighted by Gasteiger charge is 2.27. The van der Waals surface area contributed by atoms with E-state index in [1.165, 1.54) is 218 Å². The fourth-order valence-electron chi connectivity index (χ4n) is 8.80. The molecule has 3 atom stereocenters. The maximum atomic E-state index is 13.0. The molecule has 3 N–H and O–H groups in total. The maximum absolute atomic E-state index is 13.0. The van der Waals surface area contributed by atoms with E-state index in [0.29, 0.717) is 17.4 Å². The zero-order chi connectivity index (χ0) is 51.3. The summed E-state index contributed by atoms with van der Waals surface area (Å²) < 4.78 is 23.7. The van der Waals surface area contributed by atoms with Gasteiger partial charge in [-0.15, -0.1) is 0 Å². The van der Waals surface area contributed by atoms with Crippen molar-refractivity contribution in [1.82, 2.24) is 5.32 Å². The topological polar surface area (TPSA) is 105 Å². The molecule has 0 aliphatic heterocycles. The van der Waals surface area contributed by atoms with Crippen LogP contribution < -0.4 is 5.32 Å². The molecule has 0 aromatic carbocycles. The second kappa shape index (κ2) is 52.3. The highest BCUT2D eigenvalue weighted by Crippen LogP contribution is 2.43. The van der Waals surface area contributed by atoms with E-state index >= 15 is 0 Å². The number of nitrogens with one attached hydrogen (secondary N) is 1. The maximum Gasteiger partial charge on any atom is 0.472 e. The van der Waals surface area contributed by atoms with Crippen LogP contribution in [0.4, 0.5) is 0 Å². The first-order valence-corrected chi connectivity index (χ1v) is 31.5. The van der Waals surface area contributed by atoms with E-state index in [2.05, 4.69) is 55.6 Å². The fourth-order valence-corrected chi connectivity index (χ4v) is 9.53. The Bertz CT molecular complexity index is 1280. The summed E-state index contributed by atoms with van der Waals surface area (Å²) in [5.74, 6) is -0.184. The number of amides is 1. The first-order chi connectivity index (χ1) is 34.0. The number of hydrogen-bond acceptors (Lipinski definition) is 5. The van der Waals surface area contributed by atoms with Crippen molar-refractivity contribution in [3.05, 3.63) is 48.6 Å². The van der Waals surface area contributed by atoms with E-state index in [-0.39, 0.29) is 19.1 Å². The van der Waals surface area contributed by atoms with Crippen molar-refractivity contribution in [2.75, 3.05) is 40.9 Å². The highest BCUT2D eigenvalue weighted by molar-refractivity contribution is 7.47. The monoisotopic (exact) mass is 1010 g/mol. The number of rotatable bonds is 55. The molecule has 0 rings (SSSR count). The molecule has 9 heteroatoms. The van der Waals surface area contributed by atoms with Crippen LogP contribution in [-0.4, -0.2) is 73.4 Å². The molecular formula is C61H118N2O6P+. The van der Waals surface area contributed by atoms with Crippen molar-refractivity contribution in [3.63, 3.8) is 0 Å². The Labute approximate surface area is 435 Å². The number of carbonyl (C=O) groups is 1. The van der Waals surface area contributed by atoms with Gasteiger partial charge in [0.2, 0.25) is 5.91 Å². The van der Waals surface area contributed by atoms with Gasteiger partial charge in [-0.2, -0.15) is 0 Å². The Morgan fingerprint density at radius 2 is 0.829 bits per heavy atom. The molecule has 0 aliphatic rings. The van der Waals surface area contributed by atoms with Crippen molar-refractivity contribution >= 4 is 13.7 Å². The van der Waals surface area contributed by atoms with Crippen LogP contribution >= 0.6 is 7.82 Å². The zero-order valence-corrected chi connectivity index (χ0v) is 47.9. The predicted octanol–water partition coefficient (Wildman–Crippen LogP) is 18.3. The number of hydrogen-bond donors (Lipinski definition) is 3. The number of quaternary nitrogens is 1. The van der Waals surface area contributed by atoms with Crippen LogP contribution in [0.25, 0.3) is 0 Å². The van der Waals surface area contributed by atoms with Crippen LogP contribution in [0.2, 0.25) is 0 Å². The van der Waals surface area contributed by atoms with Gasteiger partial charge in [-0.05, 0) is 64.2 Å². The molecule has 0 bridgehead atoms. The standard InChI is InChI=1S/C61H117N2O6P/c1-6-8-10-12-14-16-18-20-22-24-26-28-29-30-31-32-33-35-37-39-41-43-45-47-49-51-53-55-61(65)62-59(58-69-70(66,67)68-57-56-63(3,4)5)60(64)54-52-50-48-46-44-42-40-38-36-34-27-25-23-21-19-17-15-13-11-9-7-2/h18,20,24,26,44,46,52,54,59-60,64H,6-17,19,21-23,25,27-43,45,47-51,53,55-58H2,1-5H3,(H-,62,65,66,67)/p+1/b20-18-,26-24-,46-44+,54-52+. The summed E-state index contributed by atoms with van der Waals surface area (Å²) in [4.78, 5) is 23.3. The summed E-state index contributed by atoms with van der Waals surface area (Å²) in [5, 5.41) is 13.9. The van der Waals surface area contributed by atoms with Gasteiger partial charge < -0.3 is 19.8 Å². The van der Waals surface area contributed by atoms with Crippen LogP contribution in [0.3, 0.4) is 0 Å². The minimum Gasteiger partial charge on any atom is -0.387 e. The Morgan fingerprint density at radius 3 is 1.23 bits per heavy atom. The van der Waals surface area contributed by atoms with Gasteiger partial charge in [0.05, 0.1) is 39.9 Å². The molecule has 70 heavy (non-hydrogen) atoms. The van der Waals surface area contributed by atoms with Crippen LogP contribution in [-0.2, 0) is 18.4 Å². The van der Waals surface area contributed by atoms with E-state index in [1.54, 1.807) is 6.08 Å². The molecule has 0 saturated carbocycles. The number of nitrogens with zero attached hydrogens (tertiary/aromatic N) is 1. The number of unbranched alkanes of at least 4 members (excludes halogenated alkanes) is 36. The number of phosphoric acid groups is 1. The van der Waals surface area contributed by atoms with Gasteiger partial charge in [0.1, 0.15) is 13.2 Å². The first-order valence-electron chi connectivity index (χ1n) is 30.0. The molecular weight excluding hydrogens is 888 g/mol. The van der Waals surface area contributed by atoms with Crippen molar-refractivity contribution in [3.8, 4) is 0 Å². The number of aliphatic hydroxyl groups is 1. The summed E-state index contributed by atoms with van der Waals surface area (Å²) in [6.45, 7) is 4.82. The van der Waals surface area contributed by atoms with Crippen LogP contribution in [0.15, 0.2) is 48.6 Å². The predicted molar refractivity (Wildman–Crippen MR) is 304 cm³/mol. The lowest BCUT2D eigenvalue weighted by atomic mass is 10.0. The summed E-state index contributed by atoms with van der Waals surface area (Å²) in [7, 11) is 1.56. The summed E-state index contributed by atoms with van der Waals surface area (Å²) in [6, 6.07) is -0.864. The number of aliphatic hydroxyl groups excluding tert-OH is 1. The molecule has 3 unspecified atom stereocenters. The van der Waals surface area contributed by atoms with Gasteiger partial charge >= 0.3 is 7.82 Å². The summed E-state index contributed by atoms with van der Waals surface area (Å²) in [6.07, 6.45) is 69.3. The molecule has 8 nitrogen and oxygen atoms in total. The summed E-state index contributed by atoms with van der Waals surface area (Å²) >= 11 is 0. The van der Waals surface area contributed by atoms with Crippen molar-refractivity contribution in [1.29, 1.82) is 0 Å². The molecule has 0 aromatic heterocycles. The van der Waals surface area contributed by atoms with Crippen molar-refractivity contribution < 1.29 is 32.9 Å². The molecule has 412 valence electrons. The lowest BCUT2D eigenvalue weighted by Crippen LogP contribution is -2.45. The number of allylic oxidation sites excluding steroid dienone is 7.